The molecule has 5 heteroatoms. The lowest BCUT2D eigenvalue weighted by molar-refractivity contribution is -0.134. The molecule has 0 saturated carbocycles. The summed E-state index contributed by atoms with van der Waals surface area (Å²) in [4.78, 5) is 24.2. The molecule has 2 amide bonds. The Bertz CT molecular complexity index is 266. The fourth-order valence-corrected chi connectivity index (χ4v) is 1.98. The minimum absolute atomic E-state index is 0.0134. The van der Waals surface area contributed by atoms with Crippen LogP contribution in [-0.4, -0.2) is 42.4 Å². The Labute approximate surface area is 96.4 Å². The van der Waals surface area contributed by atoms with Gasteiger partial charge in [-0.1, -0.05) is 0 Å². The van der Waals surface area contributed by atoms with Crippen LogP contribution in [0.4, 0.5) is 0 Å². The van der Waals surface area contributed by atoms with Crippen molar-refractivity contribution in [1.29, 1.82) is 0 Å². The fraction of sp³-hybridized carbons (Fsp3) is 0.818. The number of rotatable bonds is 3. The smallest absolute Gasteiger partial charge is 0.241 e. The van der Waals surface area contributed by atoms with Gasteiger partial charge in [0.25, 0.3) is 0 Å². The van der Waals surface area contributed by atoms with Gasteiger partial charge in [-0.2, -0.15) is 0 Å². The Morgan fingerprint density at radius 3 is 2.81 bits per heavy atom. The number of nitrogens with zero attached hydrogens (tertiary/aromatic N) is 1. The molecule has 0 aromatic heterocycles. The molecule has 0 aromatic carbocycles. The van der Waals surface area contributed by atoms with Crippen LogP contribution in [-0.2, 0) is 9.59 Å². The average Bonchev–Trinajstić information content (AvgIpc) is 2.26. The number of likely N-dealkylation sites (tertiary alicyclic amines) is 1. The summed E-state index contributed by atoms with van der Waals surface area (Å²) in [6, 6.07) is 0.122. The minimum atomic E-state index is -0.172. The van der Waals surface area contributed by atoms with Crippen molar-refractivity contribution in [2.45, 2.75) is 32.7 Å². The highest BCUT2D eigenvalue weighted by Gasteiger charge is 2.25. The van der Waals surface area contributed by atoms with Crippen LogP contribution in [0.1, 0.15) is 26.7 Å². The molecule has 92 valence electrons. The van der Waals surface area contributed by atoms with Gasteiger partial charge in [-0.3, -0.25) is 9.59 Å². The molecular formula is C11H21N3O2. The molecule has 1 fully saturated rings. The molecule has 1 aliphatic heterocycles. The maximum absolute atomic E-state index is 11.7. The van der Waals surface area contributed by atoms with Crippen molar-refractivity contribution < 1.29 is 9.59 Å². The fourth-order valence-electron chi connectivity index (χ4n) is 1.98. The second-order valence-electron chi connectivity index (χ2n) is 4.51. The highest BCUT2D eigenvalue weighted by atomic mass is 16.2. The van der Waals surface area contributed by atoms with Crippen LogP contribution in [0, 0.1) is 5.92 Å². The van der Waals surface area contributed by atoms with Crippen LogP contribution in [0.15, 0.2) is 0 Å². The molecule has 3 N–H and O–H groups in total. The largest absolute Gasteiger partial charge is 0.347 e. The second kappa shape index (κ2) is 5.84. The molecule has 5 nitrogen and oxygen atoms in total. The van der Waals surface area contributed by atoms with Crippen molar-refractivity contribution in [3.63, 3.8) is 0 Å². The standard InChI is InChI=1S/C11H21N3O2/c1-8(12)10-4-3-5-14(7-10)11(16)6-13-9(2)15/h8,10H,3-7,12H2,1-2H3,(H,13,15). The van der Waals surface area contributed by atoms with E-state index in [1.165, 1.54) is 6.92 Å². The quantitative estimate of drug-likeness (QED) is 0.695. The molecule has 1 aliphatic rings. The highest BCUT2D eigenvalue weighted by Crippen LogP contribution is 2.18. The zero-order chi connectivity index (χ0) is 12.1. The number of piperidine rings is 1. The molecule has 2 atom stereocenters. The third-order valence-electron chi connectivity index (χ3n) is 3.04. The Kier molecular flexibility index (Phi) is 4.73. The van der Waals surface area contributed by atoms with Gasteiger partial charge in [-0.25, -0.2) is 0 Å². The second-order valence-corrected chi connectivity index (χ2v) is 4.51. The summed E-state index contributed by atoms with van der Waals surface area (Å²) in [6.07, 6.45) is 2.08. The Hall–Kier alpha value is -1.10. The molecule has 1 saturated heterocycles. The summed E-state index contributed by atoms with van der Waals surface area (Å²) >= 11 is 0. The molecule has 2 unspecified atom stereocenters. The highest BCUT2D eigenvalue weighted by molar-refractivity contribution is 5.83. The number of carbonyl (C=O) groups excluding carboxylic acids is 2. The summed E-state index contributed by atoms with van der Waals surface area (Å²) in [5, 5.41) is 2.53. The predicted molar refractivity (Wildman–Crippen MR) is 61.6 cm³/mol. The molecule has 0 bridgehead atoms. The van der Waals surface area contributed by atoms with E-state index >= 15 is 0 Å². The third-order valence-corrected chi connectivity index (χ3v) is 3.04. The molecular weight excluding hydrogens is 206 g/mol. The normalized spacial score (nSPS) is 22.7. The summed E-state index contributed by atoms with van der Waals surface area (Å²) in [5.41, 5.74) is 5.84. The van der Waals surface area contributed by atoms with Gasteiger partial charge in [-0.15, -0.1) is 0 Å². The number of nitrogens with one attached hydrogen (secondary N) is 1. The maximum Gasteiger partial charge on any atom is 0.241 e. The van der Waals surface area contributed by atoms with E-state index in [-0.39, 0.29) is 24.4 Å². The van der Waals surface area contributed by atoms with E-state index in [9.17, 15) is 9.59 Å². The Morgan fingerprint density at radius 2 is 2.25 bits per heavy atom. The first-order chi connectivity index (χ1) is 7.50. The molecule has 0 spiro atoms. The summed E-state index contributed by atoms with van der Waals surface area (Å²) < 4.78 is 0. The Morgan fingerprint density at radius 1 is 1.56 bits per heavy atom. The van der Waals surface area contributed by atoms with Gasteiger partial charge in [-0.05, 0) is 25.7 Å². The van der Waals surface area contributed by atoms with Crippen molar-refractivity contribution >= 4 is 11.8 Å². The van der Waals surface area contributed by atoms with Gasteiger partial charge in [0.15, 0.2) is 0 Å². The van der Waals surface area contributed by atoms with E-state index in [1.54, 1.807) is 4.90 Å². The van der Waals surface area contributed by atoms with Crippen LogP contribution < -0.4 is 11.1 Å². The van der Waals surface area contributed by atoms with E-state index in [4.69, 9.17) is 5.73 Å². The van der Waals surface area contributed by atoms with Crippen LogP contribution in [0.3, 0.4) is 0 Å². The molecule has 0 aliphatic carbocycles. The molecule has 0 radical (unpaired) electrons. The minimum Gasteiger partial charge on any atom is -0.347 e. The first-order valence-corrected chi connectivity index (χ1v) is 5.78. The zero-order valence-electron chi connectivity index (χ0n) is 10.0. The predicted octanol–water partition coefficient (Wildman–Crippen LogP) is -0.292. The average molecular weight is 227 g/mol. The van der Waals surface area contributed by atoms with Crippen LogP contribution in [0.5, 0.6) is 0 Å². The lowest BCUT2D eigenvalue weighted by Gasteiger charge is -2.34. The lowest BCUT2D eigenvalue weighted by atomic mass is 9.92. The molecule has 1 heterocycles. The van der Waals surface area contributed by atoms with E-state index in [2.05, 4.69) is 5.32 Å². The van der Waals surface area contributed by atoms with E-state index < -0.39 is 0 Å². The summed E-state index contributed by atoms with van der Waals surface area (Å²) in [6.45, 7) is 4.99. The monoisotopic (exact) mass is 227 g/mol. The van der Waals surface area contributed by atoms with Gasteiger partial charge in [0.2, 0.25) is 11.8 Å². The molecule has 1 rings (SSSR count). The summed E-state index contributed by atoms with van der Waals surface area (Å²) in [5.74, 6) is 0.199. The van der Waals surface area contributed by atoms with Gasteiger partial charge in [0.05, 0.1) is 6.54 Å². The zero-order valence-corrected chi connectivity index (χ0v) is 10.0. The SMILES string of the molecule is CC(=O)NCC(=O)N1CCCC(C(C)N)C1. The third kappa shape index (κ3) is 3.81. The number of amides is 2. The summed E-state index contributed by atoms with van der Waals surface area (Å²) in [7, 11) is 0. The number of nitrogens with two attached hydrogens (primary N) is 1. The topological polar surface area (TPSA) is 75.4 Å². The van der Waals surface area contributed by atoms with E-state index in [1.807, 2.05) is 6.92 Å². The first-order valence-electron chi connectivity index (χ1n) is 5.78. The molecule has 16 heavy (non-hydrogen) atoms. The van der Waals surface area contributed by atoms with Crippen molar-refractivity contribution in [3.8, 4) is 0 Å². The van der Waals surface area contributed by atoms with Gasteiger partial charge >= 0.3 is 0 Å². The van der Waals surface area contributed by atoms with Crippen molar-refractivity contribution in [2.24, 2.45) is 11.7 Å². The lowest BCUT2D eigenvalue weighted by Crippen LogP contribution is -2.48. The van der Waals surface area contributed by atoms with Crippen LogP contribution in [0.2, 0.25) is 0 Å². The molecule has 0 aromatic rings. The van der Waals surface area contributed by atoms with Crippen molar-refractivity contribution in [2.75, 3.05) is 19.6 Å². The number of hydrogen-bond acceptors (Lipinski definition) is 3. The first kappa shape index (κ1) is 13.0. The van der Waals surface area contributed by atoms with E-state index in [0.29, 0.717) is 5.92 Å². The van der Waals surface area contributed by atoms with E-state index in [0.717, 1.165) is 25.9 Å². The maximum atomic E-state index is 11.7. The van der Waals surface area contributed by atoms with Crippen molar-refractivity contribution in [1.82, 2.24) is 10.2 Å². The Balaban J connectivity index is 2.40. The van der Waals surface area contributed by atoms with Crippen molar-refractivity contribution in [3.05, 3.63) is 0 Å². The van der Waals surface area contributed by atoms with Crippen LogP contribution >= 0.6 is 0 Å². The van der Waals surface area contributed by atoms with Gasteiger partial charge in [0, 0.05) is 26.1 Å². The number of carbonyl (C=O) groups is 2. The van der Waals surface area contributed by atoms with Gasteiger partial charge < -0.3 is 16.0 Å². The number of hydrogen-bond donors (Lipinski definition) is 2. The van der Waals surface area contributed by atoms with Gasteiger partial charge in [0.1, 0.15) is 0 Å². The van der Waals surface area contributed by atoms with Crippen LogP contribution in [0.25, 0.3) is 0 Å².